The maximum absolute atomic E-state index is 13.0. The molecule has 1 aliphatic rings. The van der Waals surface area contributed by atoms with E-state index < -0.39 is 17.5 Å². The fraction of sp³-hybridized carbons (Fsp3) is 0.455. The van der Waals surface area contributed by atoms with Gasteiger partial charge in [0.05, 0.1) is 29.9 Å². The molecular formula is C22H27N3O4. The van der Waals surface area contributed by atoms with Gasteiger partial charge in [0, 0.05) is 5.39 Å². The number of aromatic nitrogens is 1. The normalized spacial score (nSPS) is 19.0. The number of pyridine rings is 1. The molecule has 2 aromatic rings. The second kappa shape index (κ2) is 8.19. The number of aryl methyl sites for hydroxylation is 1. The van der Waals surface area contributed by atoms with Crippen LogP contribution in [0.5, 0.6) is 0 Å². The van der Waals surface area contributed by atoms with E-state index in [1.165, 1.54) is 0 Å². The first-order chi connectivity index (χ1) is 13.8. The Balaban J connectivity index is 2.03. The summed E-state index contributed by atoms with van der Waals surface area (Å²) in [5.74, 6) is -0.794. The van der Waals surface area contributed by atoms with Crippen molar-refractivity contribution in [2.24, 2.45) is 0 Å². The van der Waals surface area contributed by atoms with Crippen molar-refractivity contribution in [3.63, 3.8) is 0 Å². The van der Waals surface area contributed by atoms with Gasteiger partial charge in [0.1, 0.15) is 5.54 Å². The SMILES string of the molecule is CCCC[C@]1(C)NC(=O)N(Cc2nc3ccccc3c(C)c2C(=O)OCC)C1=O. The molecule has 0 bridgehead atoms. The molecule has 1 aromatic carbocycles. The lowest BCUT2D eigenvalue weighted by molar-refractivity contribution is -0.131. The summed E-state index contributed by atoms with van der Waals surface area (Å²) in [5.41, 5.74) is 1.18. The number of carbonyl (C=O) groups is 3. The highest BCUT2D eigenvalue weighted by Gasteiger charge is 2.47. The number of ether oxygens (including phenoxy) is 1. The molecule has 1 saturated heterocycles. The minimum atomic E-state index is -0.928. The van der Waals surface area contributed by atoms with Crippen LogP contribution in [-0.2, 0) is 16.1 Å². The van der Waals surface area contributed by atoms with Gasteiger partial charge in [-0.1, -0.05) is 38.0 Å². The lowest BCUT2D eigenvalue weighted by atomic mass is 9.95. The molecule has 1 fully saturated rings. The Labute approximate surface area is 170 Å². The maximum Gasteiger partial charge on any atom is 0.340 e. The third-order valence-electron chi connectivity index (χ3n) is 5.39. The van der Waals surface area contributed by atoms with Crippen molar-refractivity contribution in [2.45, 2.75) is 59.0 Å². The zero-order valence-electron chi connectivity index (χ0n) is 17.4. The highest BCUT2D eigenvalue weighted by atomic mass is 16.5. The number of carbonyl (C=O) groups excluding carboxylic acids is 3. The number of hydrogen-bond acceptors (Lipinski definition) is 5. The molecule has 0 radical (unpaired) electrons. The standard InChI is InChI=1S/C22H27N3O4/c1-5-7-12-22(4)20(27)25(21(28)24-22)13-17-18(19(26)29-6-2)14(3)15-10-8-9-11-16(15)23-17/h8-11H,5-7,12-13H2,1-4H3,(H,24,28)/t22-/m0/s1. The molecule has 0 saturated carbocycles. The highest BCUT2D eigenvalue weighted by Crippen LogP contribution is 2.28. The van der Waals surface area contributed by atoms with Gasteiger partial charge in [-0.15, -0.1) is 0 Å². The third kappa shape index (κ3) is 3.81. The number of unbranched alkanes of at least 4 members (excludes halogenated alkanes) is 1. The number of hydrogen-bond donors (Lipinski definition) is 1. The van der Waals surface area contributed by atoms with E-state index in [0.717, 1.165) is 28.7 Å². The zero-order valence-corrected chi connectivity index (χ0v) is 17.4. The van der Waals surface area contributed by atoms with E-state index in [4.69, 9.17) is 4.74 Å². The van der Waals surface area contributed by atoms with Crippen LogP contribution in [0.2, 0.25) is 0 Å². The molecule has 1 aromatic heterocycles. The quantitative estimate of drug-likeness (QED) is 0.568. The summed E-state index contributed by atoms with van der Waals surface area (Å²) in [6.07, 6.45) is 2.33. The molecule has 154 valence electrons. The van der Waals surface area contributed by atoms with E-state index in [2.05, 4.69) is 10.3 Å². The van der Waals surface area contributed by atoms with Crippen molar-refractivity contribution < 1.29 is 19.1 Å². The average molecular weight is 397 g/mol. The van der Waals surface area contributed by atoms with Gasteiger partial charge in [-0.2, -0.15) is 0 Å². The molecule has 0 spiro atoms. The summed E-state index contributed by atoms with van der Waals surface area (Å²) in [7, 11) is 0. The molecule has 7 heteroatoms. The van der Waals surface area contributed by atoms with Crippen LogP contribution in [-0.4, -0.2) is 39.9 Å². The van der Waals surface area contributed by atoms with Crippen molar-refractivity contribution in [1.29, 1.82) is 0 Å². The molecule has 29 heavy (non-hydrogen) atoms. The Bertz CT molecular complexity index is 972. The van der Waals surface area contributed by atoms with Crippen molar-refractivity contribution in [3.05, 3.63) is 41.1 Å². The van der Waals surface area contributed by atoms with Crippen LogP contribution >= 0.6 is 0 Å². The monoisotopic (exact) mass is 397 g/mol. The van der Waals surface area contributed by atoms with Crippen molar-refractivity contribution in [2.75, 3.05) is 6.61 Å². The largest absolute Gasteiger partial charge is 0.462 e. The minimum absolute atomic E-state index is 0.0772. The Morgan fingerprint density at radius 1 is 1.24 bits per heavy atom. The zero-order chi connectivity index (χ0) is 21.2. The van der Waals surface area contributed by atoms with Crippen LogP contribution in [0.4, 0.5) is 4.79 Å². The molecular weight excluding hydrogens is 370 g/mol. The summed E-state index contributed by atoms with van der Waals surface area (Å²) in [4.78, 5) is 44.0. The molecule has 0 unspecified atom stereocenters. The number of para-hydroxylation sites is 1. The van der Waals surface area contributed by atoms with Gasteiger partial charge >= 0.3 is 12.0 Å². The van der Waals surface area contributed by atoms with E-state index in [0.29, 0.717) is 23.2 Å². The Morgan fingerprint density at radius 3 is 2.66 bits per heavy atom. The number of benzene rings is 1. The highest BCUT2D eigenvalue weighted by molar-refractivity contribution is 6.07. The smallest absolute Gasteiger partial charge is 0.340 e. The topological polar surface area (TPSA) is 88.6 Å². The van der Waals surface area contributed by atoms with Gasteiger partial charge in [0.2, 0.25) is 0 Å². The average Bonchev–Trinajstić information content (AvgIpc) is 2.90. The molecule has 3 amide bonds. The van der Waals surface area contributed by atoms with Crippen LogP contribution < -0.4 is 5.32 Å². The van der Waals surface area contributed by atoms with Gasteiger partial charge < -0.3 is 10.1 Å². The summed E-state index contributed by atoms with van der Waals surface area (Å²) in [6, 6.07) is 7.01. The molecule has 2 heterocycles. The van der Waals surface area contributed by atoms with Crippen LogP contribution in [0.1, 0.15) is 61.6 Å². The first kappa shape index (κ1) is 20.8. The predicted molar refractivity (Wildman–Crippen MR) is 109 cm³/mol. The van der Waals surface area contributed by atoms with Gasteiger partial charge in [0.25, 0.3) is 5.91 Å². The minimum Gasteiger partial charge on any atom is -0.462 e. The van der Waals surface area contributed by atoms with E-state index in [9.17, 15) is 14.4 Å². The summed E-state index contributed by atoms with van der Waals surface area (Å²) in [5, 5.41) is 3.64. The lowest BCUT2D eigenvalue weighted by Crippen LogP contribution is -2.43. The number of nitrogens with one attached hydrogen (secondary N) is 1. The molecule has 3 rings (SSSR count). The summed E-state index contributed by atoms with van der Waals surface area (Å²) in [6.45, 7) is 7.49. The van der Waals surface area contributed by atoms with Crippen LogP contribution in [0, 0.1) is 6.92 Å². The number of esters is 1. The number of imide groups is 1. The van der Waals surface area contributed by atoms with Crippen molar-refractivity contribution >= 4 is 28.8 Å². The fourth-order valence-electron chi connectivity index (χ4n) is 3.77. The van der Waals surface area contributed by atoms with Gasteiger partial charge in [-0.3, -0.25) is 9.69 Å². The fourth-order valence-corrected chi connectivity index (χ4v) is 3.77. The molecule has 0 aliphatic carbocycles. The molecule has 7 nitrogen and oxygen atoms in total. The lowest BCUT2D eigenvalue weighted by Gasteiger charge is -2.22. The van der Waals surface area contributed by atoms with Gasteiger partial charge in [-0.05, 0) is 38.8 Å². The maximum atomic E-state index is 13.0. The van der Waals surface area contributed by atoms with Crippen molar-refractivity contribution in [1.82, 2.24) is 15.2 Å². The van der Waals surface area contributed by atoms with E-state index >= 15 is 0 Å². The number of amides is 3. The predicted octanol–water partition coefficient (Wildman–Crippen LogP) is 3.72. The first-order valence-corrected chi connectivity index (χ1v) is 10.0. The Morgan fingerprint density at radius 2 is 1.97 bits per heavy atom. The number of urea groups is 1. The van der Waals surface area contributed by atoms with Crippen molar-refractivity contribution in [3.8, 4) is 0 Å². The summed E-state index contributed by atoms with van der Waals surface area (Å²) < 4.78 is 5.23. The second-order valence-corrected chi connectivity index (χ2v) is 7.55. The van der Waals surface area contributed by atoms with E-state index in [1.807, 2.05) is 38.1 Å². The number of fused-ring (bicyclic) bond motifs is 1. The number of nitrogens with zero attached hydrogens (tertiary/aromatic N) is 2. The van der Waals surface area contributed by atoms with Crippen LogP contribution in [0.3, 0.4) is 0 Å². The van der Waals surface area contributed by atoms with E-state index in [-0.39, 0.29) is 19.1 Å². The van der Waals surface area contributed by atoms with Gasteiger partial charge in [0.15, 0.2) is 0 Å². The van der Waals surface area contributed by atoms with Crippen LogP contribution in [0.15, 0.2) is 24.3 Å². The Kier molecular flexibility index (Phi) is 5.86. The molecule has 1 aliphatic heterocycles. The Hall–Kier alpha value is -2.96. The van der Waals surface area contributed by atoms with Gasteiger partial charge in [-0.25, -0.2) is 14.6 Å². The third-order valence-corrected chi connectivity index (χ3v) is 5.39. The molecule has 1 atom stereocenters. The second-order valence-electron chi connectivity index (χ2n) is 7.55. The summed E-state index contributed by atoms with van der Waals surface area (Å²) >= 11 is 0. The number of rotatable bonds is 7. The first-order valence-electron chi connectivity index (χ1n) is 10.0. The van der Waals surface area contributed by atoms with Crippen LogP contribution in [0.25, 0.3) is 10.9 Å². The molecule has 1 N–H and O–H groups in total. The van der Waals surface area contributed by atoms with E-state index in [1.54, 1.807) is 13.8 Å².